The normalized spacial score (nSPS) is 12.7. The highest BCUT2D eigenvalue weighted by Gasteiger charge is 2.22. The summed E-state index contributed by atoms with van der Waals surface area (Å²) in [4.78, 5) is 4.42. The maximum atomic E-state index is 12.9. The van der Waals surface area contributed by atoms with Crippen LogP contribution in [0, 0.1) is 0 Å². The molecule has 0 saturated carbocycles. The average molecular weight is 470 g/mol. The van der Waals surface area contributed by atoms with E-state index in [1.807, 2.05) is 0 Å². The van der Waals surface area contributed by atoms with Crippen LogP contribution in [0.5, 0.6) is 23.0 Å². The first kappa shape index (κ1) is 20.9. The first-order chi connectivity index (χ1) is 16.0. The van der Waals surface area contributed by atoms with Crippen LogP contribution in [-0.2, 0) is 15.6 Å². The second-order valence-corrected chi connectivity index (χ2v) is 9.02. The van der Waals surface area contributed by atoms with Crippen molar-refractivity contribution in [2.45, 2.75) is 10.6 Å². The minimum absolute atomic E-state index is 0.0842. The molecule has 5 rings (SSSR count). The highest BCUT2D eigenvalue weighted by molar-refractivity contribution is 7.90. The van der Waals surface area contributed by atoms with Crippen LogP contribution < -0.4 is 18.9 Å². The number of fused-ring (bicyclic) bond motifs is 1. The summed E-state index contributed by atoms with van der Waals surface area (Å²) in [5.41, 5.74) is 0.678. The fourth-order valence-electron chi connectivity index (χ4n) is 3.33. The third kappa shape index (κ3) is 3.98. The Morgan fingerprint density at radius 1 is 0.939 bits per heavy atom. The lowest BCUT2D eigenvalue weighted by Gasteiger charge is -2.09. The van der Waals surface area contributed by atoms with Gasteiger partial charge in [0.25, 0.3) is 5.89 Å². The predicted octanol–water partition coefficient (Wildman–Crippen LogP) is 3.72. The SMILES string of the molecule is COc1ccc(S(=O)(=O)Cc2ccc(-c3nc(-c4ccc5c(c4)OCO5)no3)o2)cc1OC. The largest absolute Gasteiger partial charge is 0.493 e. The molecule has 11 heteroatoms. The van der Waals surface area contributed by atoms with Crippen molar-refractivity contribution in [1.29, 1.82) is 0 Å². The first-order valence-electron chi connectivity index (χ1n) is 9.74. The van der Waals surface area contributed by atoms with Crippen LogP contribution in [0.1, 0.15) is 5.76 Å². The Kier molecular flexibility index (Phi) is 5.17. The van der Waals surface area contributed by atoms with Crippen molar-refractivity contribution in [2.75, 3.05) is 21.0 Å². The standard InChI is InChI=1S/C22H18N2O8S/c1-27-16-8-5-15(10-19(16)28-2)33(25,26)11-14-4-7-18(31-14)22-23-21(24-32-22)13-3-6-17-20(9-13)30-12-29-17/h3-10H,11-12H2,1-2H3. The van der Waals surface area contributed by atoms with Crippen molar-refractivity contribution in [3.05, 3.63) is 54.3 Å². The van der Waals surface area contributed by atoms with E-state index >= 15 is 0 Å². The van der Waals surface area contributed by atoms with E-state index in [1.165, 1.54) is 32.4 Å². The molecule has 1 aliphatic rings. The van der Waals surface area contributed by atoms with Gasteiger partial charge in [0.2, 0.25) is 12.6 Å². The molecule has 0 atom stereocenters. The molecule has 0 saturated heterocycles. The van der Waals surface area contributed by atoms with Gasteiger partial charge in [-0.05, 0) is 42.5 Å². The van der Waals surface area contributed by atoms with Gasteiger partial charge in [0.1, 0.15) is 11.5 Å². The lowest BCUT2D eigenvalue weighted by molar-refractivity contribution is 0.174. The average Bonchev–Trinajstić information content (AvgIpc) is 3.58. The quantitative estimate of drug-likeness (QED) is 0.395. The number of aromatic nitrogens is 2. The van der Waals surface area contributed by atoms with Crippen LogP contribution in [0.2, 0.25) is 0 Å². The fraction of sp³-hybridized carbons (Fsp3) is 0.182. The minimum Gasteiger partial charge on any atom is -0.493 e. The summed E-state index contributed by atoms with van der Waals surface area (Å²) >= 11 is 0. The smallest absolute Gasteiger partial charge is 0.293 e. The highest BCUT2D eigenvalue weighted by Crippen LogP contribution is 2.36. The molecule has 1 aliphatic heterocycles. The monoisotopic (exact) mass is 470 g/mol. The first-order valence-corrected chi connectivity index (χ1v) is 11.4. The highest BCUT2D eigenvalue weighted by atomic mass is 32.2. The Labute approximate surface area is 188 Å². The number of ether oxygens (including phenoxy) is 4. The Morgan fingerprint density at radius 3 is 2.58 bits per heavy atom. The van der Waals surface area contributed by atoms with Gasteiger partial charge in [-0.2, -0.15) is 4.98 Å². The number of nitrogens with zero attached hydrogens (tertiary/aromatic N) is 2. The molecule has 2 aromatic heterocycles. The maximum absolute atomic E-state index is 12.9. The van der Waals surface area contributed by atoms with E-state index in [0.717, 1.165) is 0 Å². The molecule has 10 nitrogen and oxygen atoms in total. The van der Waals surface area contributed by atoms with E-state index in [2.05, 4.69) is 10.1 Å². The zero-order valence-electron chi connectivity index (χ0n) is 17.6. The molecule has 0 spiro atoms. The Morgan fingerprint density at radius 2 is 1.76 bits per heavy atom. The van der Waals surface area contributed by atoms with Crippen molar-refractivity contribution < 1.29 is 36.3 Å². The van der Waals surface area contributed by atoms with Crippen LogP contribution >= 0.6 is 0 Å². The maximum Gasteiger partial charge on any atom is 0.293 e. The van der Waals surface area contributed by atoms with E-state index < -0.39 is 9.84 Å². The number of furan rings is 1. The van der Waals surface area contributed by atoms with Gasteiger partial charge in [-0.3, -0.25) is 0 Å². The van der Waals surface area contributed by atoms with Crippen LogP contribution in [0.3, 0.4) is 0 Å². The third-order valence-electron chi connectivity index (χ3n) is 4.98. The summed E-state index contributed by atoms with van der Waals surface area (Å²) in [5.74, 6) is 2.58. The van der Waals surface area contributed by atoms with Crippen LogP contribution in [-0.4, -0.2) is 39.6 Å². The molecule has 2 aromatic carbocycles. The van der Waals surface area contributed by atoms with E-state index in [-0.39, 0.29) is 34.9 Å². The van der Waals surface area contributed by atoms with Gasteiger partial charge in [-0.15, -0.1) is 0 Å². The molecule has 0 bridgehead atoms. The summed E-state index contributed by atoms with van der Waals surface area (Å²) in [6.45, 7) is 0.164. The zero-order chi connectivity index (χ0) is 23.0. The van der Waals surface area contributed by atoms with Gasteiger partial charge < -0.3 is 27.9 Å². The van der Waals surface area contributed by atoms with Gasteiger partial charge >= 0.3 is 0 Å². The third-order valence-corrected chi connectivity index (χ3v) is 6.61. The molecular weight excluding hydrogens is 452 g/mol. The van der Waals surface area contributed by atoms with Crippen LogP contribution in [0.15, 0.2) is 62.4 Å². The number of rotatable bonds is 7. The molecule has 0 radical (unpaired) electrons. The summed E-state index contributed by atoms with van der Waals surface area (Å²) in [6, 6.07) is 12.8. The molecule has 3 heterocycles. The Hall–Kier alpha value is -3.99. The second kappa shape index (κ2) is 8.17. The summed E-state index contributed by atoms with van der Waals surface area (Å²) < 4.78 is 57.7. The van der Waals surface area contributed by atoms with E-state index in [9.17, 15) is 8.42 Å². The molecule has 33 heavy (non-hydrogen) atoms. The topological polar surface area (TPSA) is 123 Å². The molecular formula is C22H18N2O8S. The second-order valence-electron chi connectivity index (χ2n) is 7.03. The summed E-state index contributed by atoms with van der Waals surface area (Å²) in [6.07, 6.45) is 0. The number of sulfone groups is 1. The number of hydrogen-bond donors (Lipinski definition) is 0. The Balaban J connectivity index is 1.36. The van der Waals surface area contributed by atoms with Crippen molar-refractivity contribution >= 4 is 9.84 Å². The van der Waals surface area contributed by atoms with Crippen LogP contribution in [0.4, 0.5) is 0 Å². The fourth-order valence-corrected chi connectivity index (χ4v) is 4.59. The minimum atomic E-state index is -3.71. The van der Waals surface area contributed by atoms with Crippen molar-refractivity contribution in [3.8, 4) is 46.0 Å². The number of methoxy groups -OCH3 is 2. The zero-order valence-corrected chi connectivity index (χ0v) is 18.4. The van der Waals surface area contributed by atoms with Gasteiger partial charge in [-0.1, -0.05) is 5.16 Å². The summed E-state index contributed by atoms with van der Waals surface area (Å²) in [5, 5.41) is 3.97. The van der Waals surface area contributed by atoms with Gasteiger partial charge in [0.05, 0.1) is 19.1 Å². The molecule has 4 aromatic rings. The number of benzene rings is 2. The van der Waals surface area contributed by atoms with E-state index in [1.54, 1.807) is 30.3 Å². The molecule has 0 N–H and O–H groups in total. The lowest BCUT2D eigenvalue weighted by atomic mass is 10.2. The molecule has 0 unspecified atom stereocenters. The molecule has 170 valence electrons. The Bertz CT molecular complexity index is 1420. The van der Waals surface area contributed by atoms with E-state index in [4.69, 9.17) is 27.9 Å². The van der Waals surface area contributed by atoms with Gasteiger partial charge in [-0.25, -0.2) is 8.42 Å². The van der Waals surface area contributed by atoms with Crippen molar-refractivity contribution in [1.82, 2.24) is 10.1 Å². The number of hydrogen-bond acceptors (Lipinski definition) is 10. The van der Waals surface area contributed by atoms with Gasteiger partial charge in [0.15, 0.2) is 38.6 Å². The van der Waals surface area contributed by atoms with Crippen LogP contribution in [0.25, 0.3) is 23.0 Å². The van der Waals surface area contributed by atoms with Gasteiger partial charge in [0, 0.05) is 11.6 Å². The molecule has 0 aliphatic carbocycles. The molecule has 0 amide bonds. The van der Waals surface area contributed by atoms with Crippen molar-refractivity contribution in [3.63, 3.8) is 0 Å². The predicted molar refractivity (Wildman–Crippen MR) is 114 cm³/mol. The molecule has 0 fully saturated rings. The van der Waals surface area contributed by atoms with E-state index in [0.29, 0.717) is 34.4 Å². The lowest BCUT2D eigenvalue weighted by Crippen LogP contribution is -2.05. The summed E-state index contributed by atoms with van der Waals surface area (Å²) in [7, 11) is -0.787. The van der Waals surface area contributed by atoms with Crippen molar-refractivity contribution in [2.24, 2.45) is 0 Å².